The molecular formula is C22H20BrNO4. The van der Waals surface area contributed by atoms with Gasteiger partial charge >= 0.3 is 5.97 Å². The predicted octanol–water partition coefficient (Wildman–Crippen LogP) is 4.11. The van der Waals surface area contributed by atoms with Crippen molar-refractivity contribution in [2.45, 2.75) is 44.8 Å². The first-order valence-corrected chi connectivity index (χ1v) is 10.3. The van der Waals surface area contributed by atoms with Crippen molar-refractivity contribution in [3.63, 3.8) is 0 Å². The van der Waals surface area contributed by atoms with Gasteiger partial charge in [0, 0.05) is 21.9 Å². The fraction of sp³-hybridized carbons (Fsp3) is 0.409. The number of halogens is 1. The van der Waals surface area contributed by atoms with E-state index in [-0.39, 0.29) is 23.1 Å². The fourth-order valence-corrected chi connectivity index (χ4v) is 5.40. The molecule has 2 aliphatic carbocycles. The van der Waals surface area contributed by atoms with Gasteiger partial charge < -0.3 is 9.57 Å². The summed E-state index contributed by atoms with van der Waals surface area (Å²) in [5, 5.41) is 4.27. The van der Waals surface area contributed by atoms with E-state index in [4.69, 9.17) is 9.57 Å². The van der Waals surface area contributed by atoms with Gasteiger partial charge in [0.05, 0.1) is 11.6 Å². The first kappa shape index (κ1) is 17.9. The molecule has 4 aliphatic rings. The number of fused-ring (bicyclic) bond motifs is 4. The van der Waals surface area contributed by atoms with Gasteiger partial charge in [0.2, 0.25) is 5.60 Å². The van der Waals surface area contributed by atoms with E-state index >= 15 is 0 Å². The molecule has 0 N–H and O–H groups in total. The van der Waals surface area contributed by atoms with Crippen LogP contribution in [0.2, 0.25) is 0 Å². The highest BCUT2D eigenvalue weighted by Gasteiger charge is 2.66. The number of allylic oxidation sites excluding steroid dienone is 3. The largest absolute Gasteiger partial charge is 0.454 e. The predicted molar refractivity (Wildman–Crippen MR) is 107 cm³/mol. The molecule has 1 saturated heterocycles. The van der Waals surface area contributed by atoms with Crippen LogP contribution in [0.15, 0.2) is 57.2 Å². The number of carbonyl (C=O) groups excluding carboxylic acids is 2. The molecule has 0 aromatic heterocycles. The van der Waals surface area contributed by atoms with E-state index in [2.05, 4.69) is 28.0 Å². The fourth-order valence-electron chi connectivity index (χ4n) is 5.14. The van der Waals surface area contributed by atoms with Gasteiger partial charge in [0.15, 0.2) is 5.78 Å². The zero-order valence-electron chi connectivity index (χ0n) is 15.7. The zero-order chi connectivity index (χ0) is 19.7. The first-order chi connectivity index (χ1) is 13.3. The summed E-state index contributed by atoms with van der Waals surface area (Å²) >= 11 is 3.43. The summed E-state index contributed by atoms with van der Waals surface area (Å²) < 4.78 is 6.85. The molecule has 0 radical (unpaired) electrons. The van der Waals surface area contributed by atoms with Gasteiger partial charge in [-0.1, -0.05) is 46.2 Å². The topological polar surface area (TPSA) is 65.0 Å². The Balaban J connectivity index is 1.50. The van der Waals surface area contributed by atoms with Crippen LogP contribution in [0, 0.1) is 11.3 Å². The average molecular weight is 442 g/mol. The normalized spacial score (nSPS) is 36.2. The summed E-state index contributed by atoms with van der Waals surface area (Å²) in [7, 11) is 0. The molecule has 4 atom stereocenters. The maximum absolute atomic E-state index is 13.0. The van der Waals surface area contributed by atoms with Crippen molar-refractivity contribution in [1.29, 1.82) is 0 Å². The standard InChI is InChI=1S/C22H20BrNO4/c1-12-17(25)8-10-21(2)9-7-15-19(18(12)21)27-20(26)22(15)11-16(24-28-22)13-3-5-14(23)6-4-13/h3-6,8,10,15,19H,7,9,11H2,1-2H3/t15-,19+,21+,22+/m1/s1. The number of hydrogen-bond donors (Lipinski definition) is 0. The molecule has 2 aliphatic heterocycles. The van der Waals surface area contributed by atoms with Gasteiger partial charge in [-0.15, -0.1) is 0 Å². The second-order valence-corrected chi connectivity index (χ2v) is 9.24. The highest BCUT2D eigenvalue weighted by atomic mass is 79.9. The highest BCUT2D eigenvalue weighted by molar-refractivity contribution is 9.10. The third-order valence-corrected chi connectivity index (χ3v) is 7.25. The van der Waals surface area contributed by atoms with Crippen LogP contribution in [0.1, 0.15) is 38.7 Å². The van der Waals surface area contributed by atoms with Crippen molar-refractivity contribution in [1.82, 2.24) is 0 Å². The second-order valence-electron chi connectivity index (χ2n) is 8.33. The van der Waals surface area contributed by atoms with Crippen molar-refractivity contribution in [3.05, 3.63) is 57.6 Å². The molecule has 1 aromatic rings. The lowest BCUT2D eigenvalue weighted by atomic mass is 9.60. The van der Waals surface area contributed by atoms with E-state index in [0.717, 1.165) is 34.2 Å². The van der Waals surface area contributed by atoms with E-state index in [9.17, 15) is 9.59 Å². The monoisotopic (exact) mass is 441 g/mol. The molecule has 0 unspecified atom stereocenters. The molecule has 5 nitrogen and oxygen atoms in total. The van der Waals surface area contributed by atoms with Crippen LogP contribution in [0.5, 0.6) is 0 Å². The van der Waals surface area contributed by atoms with Gasteiger partial charge in [-0.25, -0.2) is 4.79 Å². The molecule has 2 fully saturated rings. The average Bonchev–Trinajstić information content (AvgIpc) is 3.22. The number of ketones is 1. The molecule has 1 spiro atoms. The van der Waals surface area contributed by atoms with E-state index < -0.39 is 11.7 Å². The lowest BCUT2D eigenvalue weighted by molar-refractivity contribution is -0.158. The Kier molecular flexibility index (Phi) is 3.76. The van der Waals surface area contributed by atoms with E-state index in [0.29, 0.717) is 12.0 Å². The molecule has 5 rings (SSSR count). The van der Waals surface area contributed by atoms with Crippen LogP contribution in [0.3, 0.4) is 0 Å². The number of rotatable bonds is 1. The number of nitrogens with zero attached hydrogens (tertiary/aromatic N) is 1. The Morgan fingerprint density at radius 2 is 1.96 bits per heavy atom. The summed E-state index contributed by atoms with van der Waals surface area (Å²) in [6.45, 7) is 3.95. The Labute approximate surface area is 171 Å². The zero-order valence-corrected chi connectivity index (χ0v) is 17.3. The smallest absolute Gasteiger partial charge is 0.354 e. The quantitative estimate of drug-likeness (QED) is 0.615. The van der Waals surface area contributed by atoms with Gasteiger partial charge in [0.25, 0.3) is 0 Å². The number of esters is 1. The summed E-state index contributed by atoms with van der Waals surface area (Å²) in [5.74, 6) is -0.525. The Bertz CT molecular complexity index is 992. The minimum atomic E-state index is -1.09. The summed E-state index contributed by atoms with van der Waals surface area (Å²) in [5.41, 5.74) is 1.97. The third kappa shape index (κ3) is 2.33. The lowest BCUT2D eigenvalue weighted by Crippen LogP contribution is -2.47. The highest BCUT2D eigenvalue weighted by Crippen LogP contribution is 2.56. The van der Waals surface area contributed by atoms with E-state index in [1.807, 2.05) is 37.3 Å². The molecular weight excluding hydrogens is 422 g/mol. The number of oxime groups is 1. The van der Waals surface area contributed by atoms with Crippen LogP contribution in [0.25, 0.3) is 0 Å². The van der Waals surface area contributed by atoms with Crippen molar-refractivity contribution in [2.75, 3.05) is 0 Å². The van der Waals surface area contributed by atoms with Crippen molar-refractivity contribution < 1.29 is 19.2 Å². The van der Waals surface area contributed by atoms with Crippen molar-refractivity contribution in [2.24, 2.45) is 16.5 Å². The lowest BCUT2D eigenvalue weighted by Gasteiger charge is -2.43. The Morgan fingerprint density at radius 3 is 2.71 bits per heavy atom. The van der Waals surface area contributed by atoms with Crippen LogP contribution in [0.4, 0.5) is 0 Å². The summed E-state index contributed by atoms with van der Waals surface area (Å²) in [6, 6.07) is 7.80. The van der Waals surface area contributed by atoms with E-state index in [1.165, 1.54) is 0 Å². The number of benzene rings is 1. The molecule has 2 heterocycles. The van der Waals surface area contributed by atoms with Crippen molar-refractivity contribution in [3.8, 4) is 0 Å². The molecule has 28 heavy (non-hydrogen) atoms. The maximum Gasteiger partial charge on any atom is 0.354 e. The molecule has 144 valence electrons. The SMILES string of the molecule is CC1=C2[C@H]3OC(=O)[C@]4(CC(c5ccc(Br)cc5)=NO4)[C@@H]3CC[C@@]2(C)C=CC1=O. The van der Waals surface area contributed by atoms with Crippen LogP contribution in [-0.4, -0.2) is 29.2 Å². The Morgan fingerprint density at radius 1 is 1.21 bits per heavy atom. The first-order valence-electron chi connectivity index (χ1n) is 9.51. The summed E-state index contributed by atoms with van der Waals surface area (Å²) in [6.07, 6.45) is 5.20. The molecule has 1 saturated carbocycles. The Hall–Kier alpha value is -2.21. The second kappa shape index (κ2) is 5.89. The van der Waals surface area contributed by atoms with Gasteiger partial charge in [-0.3, -0.25) is 4.79 Å². The number of carbonyl (C=O) groups is 2. The van der Waals surface area contributed by atoms with Gasteiger partial charge in [-0.05, 0) is 49.1 Å². The minimum Gasteiger partial charge on any atom is -0.454 e. The third-order valence-electron chi connectivity index (χ3n) is 6.72. The van der Waals surface area contributed by atoms with Crippen LogP contribution < -0.4 is 0 Å². The van der Waals surface area contributed by atoms with Crippen LogP contribution >= 0.6 is 15.9 Å². The molecule has 6 heteroatoms. The minimum absolute atomic E-state index is 0.00994. The summed E-state index contributed by atoms with van der Waals surface area (Å²) in [4.78, 5) is 31.1. The van der Waals surface area contributed by atoms with E-state index in [1.54, 1.807) is 6.08 Å². The molecule has 0 bridgehead atoms. The van der Waals surface area contributed by atoms with Crippen molar-refractivity contribution >= 4 is 33.4 Å². The molecule has 1 aromatic carbocycles. The maximum atomic E-state index is 13.0. The van der Waals surface area contributed by atoms with Crippen LogP contribution in [-0.2, 0) is 19.2 Å². The number of hydrogen-bond acceptors (Lipinski definition) is 5. The van der Waals surface area contributed by atoms with Gasteiger partial charge in [0.1, 0.15) is 6.10 Å². The van der Waals surface area contributed by atoms with Gasteiger partial charge in [-0.2, -0.15) is 0 Å². The molecule has 0 amide bonds. The number of ether oxygens (including phenoxy) is 1.